The molecule has 4 aromatic rings. The van der Waals surface area contributed by atoms with Gasteiger partial charge in [-0.25, -0.2) is 0 Å². The fourth-order valence-corrected chi connectivity index (χ4v) is 3.24. The molecular formula is C25H19N. The molecule has 0 aliphatic heterocycles. The third-order valence-corrected chi connectivity index (χ3v) is 4.41. The van der Waals surface area contributed by atoms with Gasteiger partial charge < -0.3 is 0 Å². The van der Waals surface area contributed by atoms with Crippen molar-refractivity contribution < 1.29 is 0 Å². The van der Waals surface area contributed by atoms with E-state index in [4.69, 9.17) is 0 Å². The molecular weight excluding hydrogens is 314 g/mol. The van der Waals surface area contributed by atoms with Crippen LogP contribution >= 0.6 is 0 Å². The zero-order chi connectivity index (χ0) is 17.6. The Morgan fingerprint density at radius 3 is 1.04 bits per heavy atom. The van der Waals surface area contributed by atoms with Crippen LogP contribution in [0.5, 0.6) is 0 Å². The standard InChI is InChI=1S/C25H19N/c1-4-10-20(11-5-1)24(21-12-6-2-7-13-21)25(22-14-8-3-9-15-22)23-16-18-26-19-17-23/h1-19H. The Hall–Kier alpha value is -3.45. The van der Waals surface area contributed by atoms with Crippen molar-refractivity contribution >= 4 is 11.1 Å². The largest absolute Gasteiger partial charge is 0.265 e. The van der Waals surface area contributed by atoms with Gasteiger partial charge in [-0.1, -0.05) is 91.0 Å². The van der Waals surface area contributed by atoms with Crippen LogP contribution in [0.15, 0.2) is 116 Å². The first-order valence-electron chi connectivity index (χ1n) is 8.74. The summed E-state index contributed by atoms with van der Waals surface area (Å²) in [6.45, 7) is 0. The number of nitrogens with zero attached hydrogens (tertiary/aromatic N) is 1. The van der Waals surface area contributed by atoms with Gasteiger partial charge in [-0.3, -0.25) is 4.98 Å². The maximum atomic E-state index is 4.20. The summed E-state index contributed by atoms with van der Waals surface area (Å²) in [6.07, 6.45) is 3.71. The van der Waals surface area contributed by atoms with Gasteiger partial charge in [-0.2, -0.15) is 0 Å². The Labute approximate surface area is 154 Å². The minimum absolute atomic E-state index is 1.16. The predicted octanol–water partition coefficient (Wildman–Crippen LogP) is 6.09. The van der Waals surface area contributed by atoms with Crippen LogP contribution in [0.25, 0.3) is 11.1 Å². The minimum Gasteiger partial charge on any atom is -0.265 e. The van der Waals surface area contributed by atoms with Crippen molar-refractivity contribution in [2.45, 2.75) is 0 Å². The van der Waals surface area contributed by atoms with E-state index in [2.05, 4.69) is 108 Å². The molecule has 26 heavy (non-hydrogen) atoms. The summed E-state index contributed by atoms with van der Waals surface area (Å²) < 4.78 is 0. The molecule has 0 bridgehead atoms. The van der Waals surface area contributed by atoms with E-state index in [1.807, 2.05) is 12.4 Å². The van der Waals surface area contributed by atoms with E-state index in [1.54, 1.807) is 0 Å². The van der Waals surface area contributed by atoms with Crippen molar-refractivity contribution in [2.24, 2.45) is 0 Å². The van der Waals surface area contributed by atoms with Gasteiger partial charge in [0.25, 0.3) is 0 Å². The van der Waals surface area contributed by atoms with Gasteiger partial charge in [0.1, 0.15) is 0 Å². The summed E-state index contributed by atoms with van der Waals surface area (Å²) >= 11 is 0. The van der Waals surface area contributed by atoms with Gasteiger partial charge in [0.05, 0.1) is 0 Å². The summed E-state index contributed by atoms with van der Waals surface area (Å²) in [5.41, 5.74) is 7.20. The summed E-state index contributed by atoms with van der Waals surface area (Å²) in [5, 5.41) is 0. The maximum Gasteiger partial charge on any atom is 0.0273 e. The maximum absolute atomic E-state index is 4.20. The first-order valence-corrected chi connectivity index (χ1v) is 8.74. The molecule has 0 amide bonds. The summed E-state index contributed by atoms with van der Waals surface area (Å²) in [6, 6.07) is 35.9. The molecule has 0 unspecified atom stereocenters. The lowest BCUT2D eigenvalue weighted by atomic mass is 9.86. The van der Waals surface area contributed by atoms with E-state index < -0.39 is 0 Å². The van der Waals surface area contributed by atoms with E-state index in [0.29, 0.717) is 0 Å². The van der Waals surface area contributed by atoms with E-state index in [9.17, 15) is 0 Å². The minimum atomic E-state index is 1.16. The van der Waals surface area contributed by atoms with Gasteiger partial charge in [-0.15, -0.1) is 0 Å². The Balaban J connectivity index is 2.09. The molecule has 0 radical (unpaired) electrons. The molecule has 1 heteroatoms. The van der Waals surface area contributed by atoms with Crippen LogP contribution in [0.2, 0.25) is 0 Å². The Kier molecular flexibility index (Phi) is 4.70. The fourth-order valence-electron chi connectivity index (χ4n) is 3.24. The Bertz CT molecular complexity index is 821. The zero-order valence-corrected chi connectivity index (χ0v) is 14.4. The second-order valence-electron chi connectivity index (χ2n) is 6.08. The molecule has 0 aliphatic rings. The molecule has 0 atom stereocenters. The molecule has 1 nitrogen and oxygen atoms in total. The molecule has 4 rings (SSSR count). The Morgan fingerprint density at radius 2 is 0.692 bits per heavy atom. The zero-order valence-electron chi connectivity index (χ0n) is 14.4. The van der Waals surface area contributed by atoms with Crippen LogP contribution in [0, 0.1) is 0 Å². The second-order valence-corrected chi connectivity index (χ2v) is 6.08. The van der Waals surface area contributed by atoms with Crippen molar-refractivity contribution in [1.29, 1.82) is 0 Å². The highest BCUT2D eigenvalue weighted by molar-refractivity contribution is 6.04. The highest BCUT2D eigenvalue weighted by Crippen LogP contribution is 2.36. The van der Waals surface area contributed by atoms with E-state index >= 15 is 0 Å². The number of rotatable bonds is 4. The number of benzene rings is 3. The van der Waals surface area contributed by atoms with Crippen LogP contribution in [-0.4, -0.2) is 4.98 Å². The number of pyridine rings is 1. The molecule has 0 saturated heterocycles. The third-order valence-electron chi connectivity index (χ3n) is 4.41. The van der Waals surface area contributed by atoms with E-state index in [0.717, 1.165) is 5.56 Å². The van der Waals surface area contributed by atoms with Crippen molar-refractivity contribution in [2.75, 3.05) is 0 Å². The first kappa shape index (κ1) is 16.0. The van der Waals surface area contributed by atoms with Gasteiger partial charge in [-0.05, 0) is 45.5 Å². The first-order chi connectivity index (χ1) is 12.9. The topological polar surface area (TPSA) is 12.9 Å². The quantitative estimate of drug-likeness (QED) is 0.412. The smallest absolute Gasteiger partial charge is 0.0273 e. The van der Waals surface area contributed by atoms with Crippen LogP contribution in [-0.2, 0) is 0 Å². The van der Waals surface area contributed by atoms with Crippen molar-refractivity contribution in [3.8, 4) is 0 Å². The van der Waals surface area contributed by atoms with Crippen molar-refractivity contribution in [3.05, 3.63) is 138 Å². The van der Waals surface area contributed by atoms with Crippen LogP contribution < -0.4 is 0 Å². The van der Waals surface area contributed by atoms with Crippen molar-refractivity contribution in [3.63, 3.8) is 0 Å². The average molecular weight is 333 g/mol. The molecule has 3 aromatic carbocycles. The average Bonchev–Trinajstić information content (AvgIpc) is 2.74. The lowest BCUT2D eigenvalue weighted by molar-refractivity contribution is 1.31. The SMILES string of the molecule is c1ccc(C(=C(c2ccccc2)c2ccncc2)c2ccccc2)cc1. The third kappa shape index (κ3) is 3.33. The number of hydrogen-bond acceptors (Lipinski definition) is 1. The lowest BCUT2D eigenvalue weighted by Crippen LogP contribution is -1.97. The molecule has 0 spiro atoms. The summed E-state index contributed by atoms with van der Waals surface area (Å²) in [5.74, 6) is 0. The van der Waals surface area contributed by atoms with E-state index in [1.165, 1.54) is 27.8 Å². The summed E-state index contributed by atoms with van der Waals surface area (Å²) in [7, 11) is 0. The predicted molar refractivity (Wildman–Crippen MR) is 109 cm³/mol. The molecule has 0 aliphatic carbocycles. The fraction of sp³-hybridized carbons (Fsp3) is 0. The number of aromatic nitrogens is 1. The molecule has 0 fully saturated rings. The molecule has 124 valence electrons. The summed E-state index contributed by atoms with van der Waals surface area (Å²) in [4.78, 5) is 4.20. The van der Waals surface area contributed by atoms with E-state index in [-0.39, 0.29) is 0 Å². The van der Waals surface area contributed by atoms with Crippen molar-refractivity contribution in [1.82, 2.24) is 4.98 Å². The highest BCUT2D eigenvalue weighted by atomic mass is 14.6. The van der Waals surface area contributed by atoms with Gasteiger partial charge in [0, 0.05) is 12.4 Å². The Morgan fingerprint density at radius 1 is 0.385 bits per heavy atom. The molecule has 1 aromatic heterocycles. The van der Waals surface area contributed by atoms with Crippen LogP contribution in [0.1, 0.15) is 22.3 Å². The lowest BCUT2D eigenvalue weighted by Gasteiger charge is -2.17. The second kappa shape index (κ2) is 7.62. The normalized spacial score (nSPS) is 10.3. The highest BCUT2D eigenvalue weighted by Gasteiger charge is 2.15. The molecule has 0 saturated carbocycles. The van der Waals surface area contributed by atoms with Gasteiger partial charge >= 0.3 is 0 Å². The number of hydrogen-bond donors (Lipinski definition) is 0. The molecule has 0 N–H and O–H groups in total. The monoisotopic (exact) mass is 333 g/mol. The molecule has 1 heterocycles. The van der Waals surface area contributed by atoms with Crippen LogP contribution in [0.3, 0.4) is 0 Å². The van der Waals surface area contributed by atoms with Gasteiger partial charge in [0.2, 0.25) is 0 Å². The van der Waals surface area contributed by atoms with Gasteiger partial charge in [0.15, 0.2) is 0 Å². The van der Waals surface area contributed by atoms with Crippen LogP contribution in [0.4, 0.5) is 0 Å².